The van der Waals surface area contributed by atoms with Crippen LogP contribution in [0.25, 0.3) is 11.0 Å². The Labute approximate surface area is 167 Å². The molecular formula is C19H26N6O4. The molecule has 0 spiro atoms. The van der Waals surface area contributed by atoms with Crippen molar-refractivity contribution < 1.29 is 14.0 Å². The topological polar surface area (TPSA) is 179 Å². The Morgan fingerprint density at radius 1 is 1.21 bits per heavy atom. The van der Waals surface area contributed by atoms with Gasteiger partial charge in [-0.3, -0.25) is 14.6 Å². The fourth-order valence-electron chi connectivity index (χ4n) is 2.71. The second-order valence-corrected chi connectivity index (χ2v) is 6.75. The molecule has 2 atom stereocenters. The number of nitrogens with one attached hydrogen (secondary N) is 2. The number of benzene rings is 1. The van der Waals surface area contributed by atoms with Gasteiger partial charge in [-0.05, 0) is 44.4 Å². The zero-order chi connectivity index (χ0) is 21.6. The number of carbonyl (C=O) groups is 2. The number of nitrogens with two attached hydrogens (primary N) is 3. The Hall–Kier alpha value is -3.40. The molecule has 1 heterocycles. The van der Waals surface area contributed by atoms with Gasteiger partial charge in [0.2, 0.25) is 11.8 Å². The molecular weight excluding hydrogens is 376 g/mol. The van der Waals surface area contributed by atoms with Gasteiger partial charge in [-0.2, -0.15) is 0 Å². The first kappa shape index (κ1) is 21.9. The highest BCUT2D eigenvalue weighted by Crippen LogP contribution is 2.21. The van der Waals surface area contributed by atoms with Gasteiger partial charge in [0.25, 0.3) is 0 Å². The molecule has 0 unspecified atom stereocenters. The highest BCUT2D eigenvalue weighted by molar-refractivity contribution is 5.99. The Bertz CT molecular complexity index is 978. The highest BCUT2D eigenvalue weighted by Gasteiger charge is 2.22. The standard InChI is InChI=1S/C19H26N6O4/c1-10-8-16(26)29-15-9-12(5-6-13(10)15)24-18(28)14(25-17(27)11(2)20)4-3-7-23-19(21)22/h5-6,8-9,11,14H,3-4,7,20H2,1-2H3,(H,24,28)(H,25,27)(H4,21,22,23)/t11-,14-/m0/s1. The molecule has 0 bridgehead atoms. The summed E-state index contributed by atoms with van der Waals surface area (Å²) in [5.74, 6) is -0.927. The van der Waals surface area contributed by atoms with Gasteiger partial charge >= 0.3 is 5.63 Å². The first-order valence-corrected chi connectivity index (χ1v) is 9.14. The zero-order valence-corrected chi connectivity index (χ0v) is 16.4. The van der Waals surface area contributed by atoms with Crippen LogP contribution in [0.4, 0.5) is 5.69 Å². The second kappa shape index (κ2) is 9.69. The third-order valence-electron chi connectivity index (χ3n) is 4.21. The van der Waals surface area contributed by atoms with Gasteiger partial charge in [0.15, 0.2) is 5.96 Å². The van der Waals surface area contributed by atoms with E-state index in [9.17, 15) is 14.4 Å². The van der Waals surface area contributed by atoms with Gasteiger partial charge in [0.1, 0.15) is 11.6 Å². The average Bonchev–Trinajstić information content (AvgIpc) is 2.63. The first-order valence-electron chi connectivity index (χ1n) is 9.14. The largest absolute Gasteiger partial charge is 0.423 e. The lowest BCUT2D eigenvalue weighted by atomic mass is 10.1. The number of fused-ring (bicyclic) bond motifs is 1. The van der Waals surface area contributed by atoms with Crippen LogP contribution in [0.3, 0.4) is 0 Å². The monoisotopic (exact) mass is 402 g/mol. The van der Waals surface area contributed by atoms with Crippen molar-refractivity contribution >= 4 is 34.4 Å². The van der Waals surface area contributed by atoms with Gasteiger partial charge in [-0.1, -0.05) is 0 Å². The number of carbonyl (C=O) groups excluding carboxylic acids is 2. The minimum Gasteiger partial charge on any atom is -0.423 e. The summed E-state index contributed by atoms with van der Waals surface area (Å²) in [5, 5.41) is 6.11. The third kappa shape index (κ3) is 6.32. The van der Waals surface area contributed by atoms with E-state index in [0.29, 0.717) is 30.7 Å². The predicted octanol–water partition coefficient (Wildman–Crippen LogP) is -0.0745. The maximum atomic E-state index is 12.7. The molecule has 0 radical (unpaired) electrons. The number of nitrogens with zero attached hydrogens (tertiary/aromatic N) is 1. The van der Waals surface area contributed by atoms with E-state index in [1.54, 1.807) is 25.1 Å². The van der Waals surface area contributed by atoms with Crippen LogP contribution >= 0.6 is 0 Å². The SMILES string of the molecule is Cc1cc(=O)oc2cc(NC(=O)[C@H](CCCN=C(N)N)NC(=O)[C@H](C)N)ccc12. The number of rotatable bonds is 8. The smallest absolute Gasteiger partial charge is 0.336 e. The van der Waals surface area contributed by atoms with Crippen molar-refractivity contribution in [2.24, 2.45) is 22.2 Å². The van der Waals surface area contributed by atoms with Gasteiger partial charge in [-0.15, -0.1) is 0 Å². The van der Waals surface area contributed by atoms with Gasteiger partial charge in [-0.25, -0.2) is 4.79 Å². The molecule has 0 fully saturated rings. The van der Waals surface area contributed by atoms with Gasteiger partial charge in [0, 0.05) is 29.8 Å². The Morgan fingerprint density at radius 3 is 2.59 bits per heavy atom. The number of anilines is 1. The molecule has 2 amide bonds. The lowest BCUT2D eigenvalue weighted by Crippen LogP contribution is -2.49. The van der Waals surface area contributed by atoms with Crippen LogP contribution in [0.15, 0.2) is 38.5 Å². The number of hydrogen-bond donors (Lipinski definition) is 5. The fraction of sp³-hybridized carbons (Fsp3) is 0.368. The molecule has 2 aromatic rings. The average molecular weight is 402 g/mol. The molecule has 0 aliphatic heterocycles. The van der Waals surface area contributed by atoms with Crippen LogP contribution in [-0.4, -0.2) is 36.4 Å². The summed E-state index contributed by atoms with van der Waals surface area (Å²) in [6.45, 7) is 3.64. The number of hydrogen-bond acceptors (Lipinski definition) is 6. The summed E-state index contributed by atoms with van der Waals surface area (Å²) >= 11 is 0. The summed E-state index contributed by atoms with van der Waals surface area (Å²) in [6.07, 6.45) is 0.782. The minimum absolute atomic E-state index is 0.0430. The van der Waals surface area contributed by atoms with E-state index in [1.165, 1.54) is 13.0 Å². The zero-order valence-electron chi connectivity index (χ0n) is 16.4. The van der Waals surface area contributed by atoms with E-state index < -0.39 is 29.5 Å². The molecule has 1 aromatic carbocycles. The fourth-order valence-corrected chi connectivity index (χ4v) is 2.71. The molecule has 10 nitrogen and oxygen atoms in total. The molecule has 1 aromatic heterocycles. The third-order valence-corrected chi connectivity index (χ3v) is 4.21. The van der Waals surface area contributed by atoms with Crippen LogP contribution in [-0.2, 0) is 9.59 Å². The quantitative estimate of drug-likeness (QED) is 0.177. The molecule has 10 heteroatoms. The van der Waals surface area contributed by atoms with E-state index in [2.05, 4.69) is 15.6 Å². The van der Waals surface area contributed by atoms with Gasteiger partial charge in [0.05, 0.1) is 6.04 Å². The molecule has 0 aliphatic rings. The van der Waals surface area contributed by atoms with Crippen molar-refractivity contribution in [3.8, 4) is 0 Å². The van der Waals surface area contributed by atoms with E-state index in [4.69, 9.17) is 21.6 Å². The van der Waals surface area contributed by atoms with Crippen LogP contribution < -0.4 is 33.5 Å². The molecule has 0 aliphatic carbocycles. The maximum Gasteiger partial charge on any atom is 0.336 e. The minimum atomic E-state index is -0.831. The number of guanidine groups is 1. The van der Waals surface area contributed by atoms with Crippen LogP contribution in [0.2, 0.25) is 0 Å². The van der Waals surface area contributed by atoms with Crippen molar-refractivity contribution in [3.05, 3.63) is 40.2 Å². The summed E-state index contributed by atoms with van der Waals surface area (Å²) in [5.41, 5.74) is 17.3. The van der Waals surface area contributed by atoms with E-state index in [0.717, 1.165) is 10.9 Å². The summed E-state index contributed by atoms with van der Waals surface area (Å²) in [4.78, 5) is 40.1. The van der Waals surface area contributed by atoms with E-state index >= 15 is 0 Å². The van der Waals surface area contributed by atoms with Gasteiger partial charge < -0.3 is 32.3 Å². The van der Waals surface area contributed by atoms with E-state index in [1.807, 2.05) is 0 Å². The van der Waals surface area contributed by atoms with Crippen LogP contribution in [0.5, 0.6) is 0 Å². The molecule has 29 heavy (non-hydrogen) atoms. The Morgan fingerprint density at radius 2 is 1.93 bits per heavy atom. The lowest BCUT2D eigenvalue weighted by molar-refractivity contribution is -0.127. The normalized spacial score (nSPS) is 12.8. The van der Waals surface area contributed by atoms with Crippen molar-refractivity contribution in [3.63, 3.8) is 0 Å². The van der Waals surface area contributed by atoms with Crippen molar-refractivity contribution in [1.82, 2.24) is 5.32 Å². The van der Waals surface area contributed by atoms with Crippen molar-refractivity contribution in [1.29, 1.82) is 0 Å². The summed E-state index contributed by atoms with van der Waals surface area (Å²) in [7, 11) is 0. The number of aryl methyl sites for hydroxylation is 1. The summed E-state index contributed by atoms with van der Waals surface area (Å²) < 4.78 is 5.19. The second-order valence-electron chi connectivity index (χ2n) is 6.75. The Balaban J connectivity index is 2.16. The molecule has 0 saturated heterocycles. The van der Waals surface area contributed by atoms with E-state index in [-0.39, 0.29) is 5.96 Å². The first-order chi connectivity index (χ1) is 13.7. The Kier molecular flexibility index (Phi) is 7.32. The highest BCUT2D eigenvalue weighted by atomic mass is 16.4. The summed E-state index contributed by atoms with van der Waals surface area (Å²) in [6, 6.07) is 4.81. The molecule has 0 saturated carbocycles. The number of aliphatic imine (C=N–C) groups is 1. The van der Waals surface area contributed by atoms with Crippen LogP contribution in [0, 0.1) is 6.92 Å². The predicted molar refractivity (Wildman–Crippen MR) is 111 cm³/mol. The van der Waals surface area contributed by atoms with Crippen LogP contribution in [0.1, 0.15) is 25.3 Å². The van der Waals surface area contributed by atoms with Crippen molar-refractivity contribution in [2.75, 3.05) is 11.9 Å². The lowest BCUT2D eigenvalue weighted by Gasteiger charge is -2.19. The maximum absolute atomic E-state index is 12.7. The molecule has 8 N–H and O–H groups in total. The molecule has 156 valence electrons. The number of amides is 2. The van der Waals surface area contributed by atoms with Crippen molar-refractivity contribution in [2.45, 2.75) is 38.8 Å². The molecule has 2 rings (SSSR count).